The molecule has 6 rings (SSSR count). The third kappa shape index (κ3) is 4.75. The number of carbonyl (C=O) groups is 1. The first-order chi connectivity index (χ1) is 18.1. The third-order valence-electron chi connectivity index (χ3n) is 7.84. The maximum Gasteiger partial charge on any atom is 0.253 e. The van der Waals surface area contributed by atoms with E-state index >= 15 is 0 Å². The summed E-state index contributed by atoms with van der Waals surface area (Å²) in [6, 6.07) is 14.8. The normalized spacial score (nSPS) is 21.1. The molecule has 2 aromatic carbocycles. The van der Waals surface area contributed by atoms with E-state index in [9.17, 15) is 4.79 Å². The molecule has 2 fully saturated rings. The Kier molecular flexibility index (Phi) is 6.46. The number of hydrogen-bond acceptors (Lipinski definition) is 7. The number of amides is 1. The molecule has 9 nitrogen and oxygen atoms in total. The standard InChI is InChI=1S/C28H34N8O/c1-19(2)36-26-24(32-33-36)13-8-21-18-29-28(31-25(21)26)30-22-9-11-23(12-10-22)34-14-16-35(17-15-34)27(37)20-6-4-3-5-7-20/h3-8,13,18-19,22-23H,9-12,14-17H2,1-2H3,(H,29,30,31). The molecule has 1 aliphatic carbocycles. The van der Waals surface area contributed by atoms with Gasteiger partial charge in [0.05, 0.1) is 0 Å². The molecule has 0 atom stereocenters. The molecule has 37 heavy (non-hydrogen) atoms. The monoisotopic (exact) mass is 498 g/mol. The summed E-state index contributed by atoms with van der Waals surface area (Å²) < 4.78 is 1.94. The molecule has 0 unspecified atom stereocenters. The smallest absolute Gasteiger partial charge is 0.253 e. The van der Waals surface area contributed by atoms with Crippen molar-refractivity contribution in [2.45, 2.75) is 57.7 Å². The van der Waals surface area contributed by atoms with Crippen LogP contribution in [0.3, 0.4) is 0 Å². The Bertz CT molecular complexity index is 1390. The number of fused-ring (bicyclic) bond motifs is 3. The van der Waals surface area contributed by atoms with E-state index in [1.54, 1.807) is 0 Å². The Labute approximate surface area is 216 Å². The van der Waals surface area contributed by atoms with Crippen molar-refractivity contribution in [2.75, 3.05) is 31.5 Å². The Balaban J connectivity index is 1.06. The zero-order chi connectivity index (χ0) is 25.4. The predicted octanol–water partition coefficient (Wildman–Crippen LogP) is 4.14. The molecule has 1 amide bonds. The third-order valence-corrected chi connectivity index (χ3v) is 7.84. The number of hydrogen-bond donors (Lipinski definition) is 1. The van der Waals surface area contributed by atoms with Crippen molar-refractivity contribution in [3.8, 4) is 0 Å². The summed E-state index contributed by atoms with van der Waals surface area (Å²) in [5, 5.41) is 13.3. The fourth-order valence-electron chi connectivity index (χ4n) is 5.77. The fraction of sp³-hybridized carbons (Fsp3) is 0.464. The van der Waals surface area contributed by atoms with Crippen LogP contribution < -0.4 is 5.32 Å². The van der Waals surface area contributed by atoms with E-state index in [4.69, 9.17) is 4.98 Å². The molecular weight excluding hydrogens is 464 g/mol. The molecule has 2 aromatic heterocycles. The summed E-state index contributed by atoms with van der Waals surface area (Å²) in [4.78, 5) is 26.8. The van der Waals surface area contributed by atoms with Crippen molar-refractivity contribution < 1.29 is 4.79 Å². The maximum atomic E-state index is 12.8. The van der Waals surface area contributed by atoms with Crippen LogP contribution in [0, 0.1) is 0 Å². The van der Waals surface area contributed by atoms with Gasteiger partial charge in [-0.05, 0) is 63.8 Å². The van der Waals surface area contributed by atoms with Crippen LogP contribution in [-0.2, 0) is 0 Å². The first-order valence-electron chi connectivity index (χ1n) is 13.4. The topological polar surface area (TPSA) is 92.1 Å². The van der Waals surface area contributed by atoms with E-state index in [2.05, 4.69) is 39.4 Å². The first kappa shape index (κ1) is 23.8. The number of anilines is 1. The Morgan fingerprint density at radius 1 is 0.973 bits per heavy atom. The Morgan fingerprint density at radius 2 is 1.73 bits per heavy atom. The van der Waals surface area contributed by atoms with Crippen molar-refractivity contribution in [3.63, 3.8) is 0 Å². The molecule has 2 aliphatic rings. The minimum atomic E-state index is 0.146. The molecule has 0 spiro atoms. The minimum absolute atomic E-state index is 0.146. The summed E-state index contributed by atoms with van der Waals surface area (Å²) >= 11 is 0. The van der Waals surface area contributed by atoms with Crippen LogP contribution in [0.2, 0.25) is 0 Å². The summed E-state index contributed by atoms with van der Waals surface area (Å²) in [5.74, 6) is 0.820. The molecular formula is C28H34N8O. The summed E-state index contributed by atoms with van der Waals surface area (Å²) in [6.07, 6.45) is 6.36. The molecule has 4 aromatic rings. The number of nitrogens with zero attached hydrogens (tertiary/aromatic N) is 7. The number of carbonyl (C=O) groups excluding carboxylic acids is 1. The van der Waals surface area contributed by atoms with E-state index in [-0.39, 0.29) is 11.9 Å². The quantitative estimate of drug-likeness (QED) is 0.442. The van der Waals surface area contributed by atoms with Crippen LogP contribution in [-0.4, -0.2) is 78.9 Å². The highest BCUT2D eigenvalue weighted by molar-refractivity contribution is 6.01. The largest absolute Gasteiger partial charge is 0.351 e. The van der Waals surface area contributed by atoms with Crippen LogP contribution in [0.4, 0.5) is 5.95 Å². The van der Waals surface area contributed by atoms with Gasteiger partial charge in [0.2, 0.25) is 5.95 Å². The van der Waals surface area contributed by atoms with Gasteiger partial charge >= 0.3 is 0 Å². The fourth-order valence-corrected chi connectivity index (χ4v) is 5.77. The number of piperazine rings is 1. The highest BCUT2D eigenvalue weighted by Crippen LogP contribution is 2.28. The lowest BCUT2D eigenvalue weighted by atomic mass is 9.90. The van der Waals surface area contributed by atoms with Crippen LogP contribution in [0.15, 0.2) is 48.7 Å². The van der Waals surface area contributed by atoms with Gasteiger partial charge in [0.1, 0.15) is 16.6 Å². The van der Waals surface area contributed by atoms with Gasteiger partial charge in [-0.3, -0.25) is 9.69 Å². The molecule has 0 bridgehead atoms. The zero-order valence-electron chi connectivity index (χ0n) is 21.5. The Morgan fingerprint density at radius 3 is 2.46 bits per heavy atom. The lowest BCUT2D eigenvalue weighted by Crippen LogP contribution is -2.53. The van der Waals surface area contributed by atoms with Gasteiger partial charge in [-0.2, -0.15) is 0 Å². The second kappa shape index (κ2) is 10.0. The van der Waals surface area contributed by atoms with Gasteiger partial charge < -0.3 is 10.2 Å². The predicted molar refractivity (Wildman–Crippen MR) is 145 cm³/mol. The molecule has 9 heteroatoms. The van der Waals surface area contributed by atoms with Crippen molar-refractivity contribution in [3.05, 3.63) is 54.2 Å². The van der Waals surface area contributed by atoms with Gasteiger partial charge in [-0.25, -0.2) is 14.6 Å². The average molecular weight is 499 g/mol. The van der Waals surface area contributed by atoms with Crippen LogP contribution >= 0.6 is 0 Å². The van der Waals surface area contributed by atoms with E-state index < -0.39 is 0 Å². The summed E-state index contributed by atoms with van der Waals surface area (Å²) in [6.45, 7) is 7.70. The number of aromatic nitrogens is 5. The number of nitrogens with one attached hydrogen (secondary N) is 1. The second-order valence-corrected chi connectivity index (χ2v) is 10.5. The van der Waals surface area contributed by atoms with Crippen molar-refractivity contribution in [2.24, 2.45) is 0 Å². The molecule has 1 saturated carbocycles. The van der Waals surface area contributed by atoms with Crippen LogP contribution in [0.1, 0.15) is 55.9 Å². The average Bonchev–Trinajstić information content (AvgIpc) is 3.39. The van der Waals surface area contributed by atoms with Crippen molar-refractivity contribution in [1.29, 1.82) is 0 Å². The van der Waals surface area contributed by atoms with Gasteiger partial charge in [0, 0.05) is 61.5 Å². The summed E-state index contributed by atoms with van der Waals surface area (Å²) in [7, 11) is 0. The van der Waals surface area contributed by atoms with Gasteiger partial charge in [0.25, 0.3) is 5.91 Å². The minimum Gasteiger partial charge on any atom is -0.351 e. The van der Waals surface area contributed by atoms with E-state index in [0.29, 0.717) is 18.0 Å². The highest BCUT2D eigenvalue weighted by Gasteiger charge is 2.30. The van der Waals surface area contributed by atoms with Crippen molar-refractivity contribution in [1.82, 2.24) is 34.8 Å². The molecule has 0 radical (unpaired) electrons. The van der Waals surface area contributed by atoms with Gasteiger partial charge in [-0.1, -0.05) is 23.4 Å². The molecule has 3 heterocycles. The van der Waals surface area contributed by atoms with E-state index in [1.165, 1.54) is 0 Å². The van der Waals surface area contributed by atoms with E-state index in [1.807, 2.05) is 58.2 Å². The van der Waals surface area contributed by atoms with Gasteiger partial charge in [-0.15, -0.1) is 5.10 Å². The highest BCUT2D eigenvalue weighted by atomic mass is 16.2. The number of benzene rings is 2. The van der Waals surface area contributed by atoms with Gasteiger partial charge in [0.15, 0.2) is 0 Å². The molecule has 192 valence electrons. The zero-order valence-corrected chi connectivity index (χ0v) is 21.5. The molecule has 1 aliphatic heterocycles. The molecule has 1 saturated heterocycles. The second-order valence-electron chi connectivity index (χ2n) is 10.5. The van der Waals surface area contributed by atoms with Crippen molar-refractivity contribution >= 4 is 33.8 Å². The lowest BCUT2D eigenvalue weighted by Gasteiger charge is -2.42. The SMILES string of the molecule is CC(C)n1nnc2ccc3cnc(NC4CCC(N5CCN(C(=O)c6ccccc6)CC5)CC4)nc3c21. The first-order valence-corrected chi connectivity index (χ1v) is 13.4. The van der Waals surface area contributed by atoms with E-state index in [0.717, 1.165) is 79.4 Å². The summed E-state index contributed by atoms with van der Waals surface area (Å²) in [5.41, 5.74) is 3.50. The molecule has 1 N–H and O–H groups in total. The maximum absolute atomic E-state index is 12.8. The number of rotatable bonds is 5. The Hall–Kier alpha value is -3.59. The van der Waals surface area contributed by atoms with Crippen LogP contribution in [0.25, 0.3) is 21.9 Å². The lowest BCUT2D eigenvalue weighted by molar-refractivity contribution is 0.0518. The van der Waals surface area contributed by atoms with Crippen LogP contribution in [0.5, 0.6) is 0 Å².